The average molecular weight is 687 g/mol. The van der Waals surface area contributed by atoms with Gasteiger partial charge in [-0.15, -0.1) is 0 Å². The van der Waals surface area contributed by atoms with E-state index in [2.05, 4.69) is 20.3 Å². The molecule has 0 radical (unpaired) electrons. The number of hydrogen-bond donors (Lipinski definition) is 3. The number of carbonyl (C=O) groups is 4. The predicted molar refractivity (Wildman–Crippen MR) is 176 cm³/mol. The molecule has 258 valence electrons. The first-order valence-electron chi connectivity index (χ1n) is 16.1. The van der Waals surface area contributed by atoms with E-state index in [4.69, 9.17) is 5.26 Å². The van der Waals surface area contributed by atoms with Gasteiger partial charge in [0.25, 0.3) is 0 Å². The Labute approximate surface area is 282 Å². The van der Waals surface area contributed by atoms with Crippen LogP contribution >= 0.6 is 11.9 Å². The number of carbonyl (C=O) groups excluding carboxylic acids is 4. The molecule has 3 N–H and O–H groups in total. The fraction of sp³-hybridized carbons (Fsp3) is 0.500. The zero-order chi connectivity index (χ0) is 34.8. The lowest BCUT2D eigenvalue weighted by molar-refractivity contribution is -0.144. The molecule has 1 heterocycles. The molecule has 2 aliphatic rings. The SMILES string of the molecule is CCC(=O)N[C@H](Cc1ccc(NC(=O)[C@@H](SNC(=O)C(F)(F)c2ccc(C#N)cc2)C2CCCCC2)c(F)c1)C(=O)N1CCN(C)CC1. The lowest BCUT2D eigenvalue weighted by atomic mass is 9.86. The molecule has 2 fully saturated rings. The van der Waals surface area contributed by atoms with Gasteiger partial charge in [0.05, 0.1) is 17.3 Å². The first-order valence-corrected chi connectivity index (χ1v) is 17.0. The summed E-state index contributed by atoms with van der Waals surface area (Å²) < 4.78 is 47.5. The van der Waals surface area contributed by atoms with Crippen molar-refractivity contribution in [2.24, 2.45) is 5.92 Å². The Bertz CT molecular complexity index is 1510. The lowest BCUT2D eigenvalue weighted by Gasteiger charge is -2.34. The van der Waals surface area contributed by atoms with E-state index in [0.29, 0.717) is 56.5 Å². The second kappa shape index (κ2) is 16.8. The van der Waals surface area contributed by atoms with Crippen molar-refractivity contribution in [1.82, 2.24) is 19.8 Å². The van der Waals surface area contributed by atoms with Crippen LogP contribution in [0.4, 0.5) is 18.9 Å². The third-order valence-corrected chi connectivity index (χ3v) is 9.93. The van der Waals surface area contributed by atoms with Crippen molar-refractivity contribution in [3.63, 3.8) is 0 Å². The van der Waals surface area contributed by atoms with Gasteiger partial charge in [0.15, 0.2) is 0 Å². The summed E-state index contributed by atoms with van der Waals surface area (Å²) >= 11 is 0.583. The van der Waals surface area contributed by atoms with Gasteiger partial charge < -0.3 is 20.4 Å². The maximum atomic E-state index is 15.4. The number of halogens is 3. The molecule has 0 spiro atoms. The van der Waals surface area contributed by atoms with Gasteiger partial charge in [-0.25, -0.2) is 4.39 Å². The number of hydrogen-bond acceptors (Lipinski definition) is 7. The van der Waals surface area contributed by atoms with Gasteiger partial charge in [-0.1, -0.05) is 44.4 Å². The molecule has 2 aromatic carbocycles. The second-order valence-corrected chi connectivity index (χ2v) is 13.2. The van der Waals surface area contributed by atoms with Gasteiger partial charge in [0.1, 0.15) is 17.1 Å². The first-order chi connectivity index (χ1) is 22.9. The normalized spacial score (nSPS) is 17.1. The standard InChI is InChI=1S/C34H41F3N6O4S/c1-3-29(44)39-28(32(46)43-17-15-42(2)16-18-43)20-23-11-14-27(26(35)19-23)40-31(45)30(24-7-5-4-6-8-24)48-41-33(47)34(36,37)25-12-9-22(21-38)10-13-25/h9-14,19,24,28,30H,3-8,15-18,20H2,1-2H3,(H,39,44)(H,40,45)(H,41,47)/t28-,30+/m1/s1. The molecule has 4 rings (SSSR count). The van der Waals surface area contributed by atoms with Gasteiger partial charge in [0.2, 0.25) is 17.7 Å². The van der Waals surface area contributed by atoms with Crippen molar-refractivity contribution in [3.8, 4) is 6.07 Å². The fourth-order valence-corrected chi connectivity index (χ4v) is 6.83. The monoisotopic (exact) mass is 686 g/mol. The summed E-state index contributed by atoms with van der Waals surface area (Å²) in [6.45, 7) is 4.11. The number of benzene rings is 2. The average Bonchev–Trinajstić information content (AvgIpc) is 3.09. The predicted octanol–water partition coefficient (Wildman–Crippen LogP) is 4.35. The van der Waals surface area contributed by atoms with Crippen LogP contribution in [0, 0.1) is 23.1 Å². The van der Waals surface area contributed by atoms with Gasteiger partial charge >= 0.3 is 11.8 Å². The second-order valence-electron chi connectivity index (χ2n) is 12.2. The molecule has 1 saturated heterocycles. The third-order valence-electron chi connectivity index (χ3n) is 8.78. The maximum absolute atomic E-state index is 15.4. The highest BCUT2D eigenvalue weighted by Crippen LogP contribution is 2.35. The largest absolute Gasteiger partial charge is 0.350 e. The van der Waals surface area contributed by atoms with Gasteiger partial charge in [-0.2, -0.15) is 14.0 Å². The number of likely N-dealkylation sites (N-methyl/N-ethyl adjacent to an activating group) is 1. The topological polar surface area (TPSA) is 135 Å². The number of amides is 4. The number of nitrogens with zero attached hydrogens (tertiary/aromatic N) is 3. The van der Waals surface area contributed by atoms with Crippen LogP contribution in [0.2, 0.25) is 0 Å². The number of nitriles is 1. The van der Waals surface area contributed by atoms with E-state index in [1.807, 2.05) is 13.1 Å². The van der Waals surface area contributed by atoms with Crippen LogP contribution in [-0.2, 0) is 31.5 Å². The third kappa shape index (κ3) is 9.50. The molecule has 48 heavy (non-hydrogen) atoms. The minimum absolute atomic E-state index is 0.0437. The summed E-state index contributed by atoms with van der Waals surface area (Å²) in [5, 5.41) is 13.3. The highest BCUT2D eigenvalue weighted by atomic mass is 32.2. The molecule has 2 aromatic rings. The van der Waals surface area contributed by atoms with E-state index in [-0.39, 0.29) is 41.8 Å². The summed E-state index contributed by atoms with van der Waals surface area (Å²) in [6.07, 6.45) is 4.13. The summed E-state index contributed by atoms with van der Waals surface area (Å²) in [6, 6.07) is 9.44. The Morgan fingerprint density at radius 1 is 1.02 bits per heavy atom. The molecule has 1 aliphatic carbocycles. The molecule has 0 bridgehead atoms. The molecule has 4 amide bonds. The Hall–Kier alpha value is -4.09. The van der Waals surface area contributed by atoms with E-state index >= 15 is 4.39 Å². The minimum atomic E-state index is -3.92. The van der Waals surface area contributed by atoms with E-state index < -0.39 is 40.4 Å². The van der Waals surface area contributed by atoms with E-state index in [1.165, 1.54) is 24.3 Å². The quantitative estimate of drug-likeness (QED) is 0.283. The lowest BCUT2D eigenvalue weighted by Crippen LogP contribution is -2.54. The highest BCUT2D eigenvalue weighted by molar-refractivity contribution is 7.99. The minimum Gasteiger partial charge on any atom is -0.344 e. The van der Waals surface area contributed by atoms with Crippen LogP contribution in [0.1, 0.15) is 62.1 Å². The van der Waals surface area contributed by atoms with Crippen LogP contribution in [-0.4, -0.2) is 77.9 Å². The molecule has 1 aliphatic heterocycles. The van der Waals surface area contributed by atoms with Crippen molar-refractivity contribution in [2.75, 3.05) is 38.5 Å². The van der Waals surface area contributed by atoms with E-state index in [9.17, 15) is 28.0 Å². The smallest absolute Gasteiger partial charge is 0.344 e. The number of piperazine rings is 1. The highest BCUT2D eigenvalue weighted by Gasteiger charge is 2.42. The zero-order valence-electron chi connectivity index (χ0n) is 27.1. The fourth-order valence-electron chi connectivity index (χ4n) is 5.84. The summed E-state index contributed by atoms with van der Waals surface area (Å²) in [5.41, 5.74) is -0.133. The Morgan fingerprint density at radius 3 is 2.29 bits per heavy atom. The maximum Gasteiger partial charge on any atom is 0.350 e. The molecule has 10 nitrogen and oxygen atoms in total. The number of nitrogens with one attached hydrogen (secondary N) is 3. The van der Waals surface area contributed by atoms with Crippen molar-refractivity contribution in [1.29, 1.82) is 5.26 Å². The van der Waals surface area contributed by atoms with Gasteiger partial charge in [-0.05, 0) is 67.6 Å². The van der Waals surface area contributed by atoms with E-state index in [0.717, 1.165) is 31.4 Å². The molecule has 0 aromatic heterocycles. The summed E-state index contributed by atoms with van der Waals surface area (Å²) in [5.74, 6) is -7.73. The van der Waals surface area contributed by atoms with Gasteiger partial charge in [0, 0.05) is 44.6 Å². The molecular weight excluding hydrogens is 645 g/mol. The van der Waals surface area contributed by atoms with Crippen LogP contribution < -0.4 is 15.4 Å². The van der Waals surface area contributed by atoms with E-state index in [1.54, 1.807) is 17.9 Å². The van der Waals surface area contributed by atoms with Crippen LogP contribution in [0.25, 0.3) is 0 Å². The zero-order valence-corrected chi connectivity index (χ0v) is 27.9. The van der Waals surface area contributed by atoms with Crippen molar-refractivity contribution in [3.05, 3.63) is 65.0 Å². The van der Waals surface area contributed by atoms with Crippen LogP contribution in [0.5, 0.6) is 0 Å². The first kappa shape index (κ1) is 36.7. The Balaban J connectivity index is 1.45. The Kier molecular flexibility index (Phi) is 12.9. The van der Waals surface area contributed by atoms with Crippen molar-refractivity contribution in [2.45, 2.75) is 69.1 Å². The molecular formula is C34H41F3N6O4S. The van der Waals surface area contributed by atoms with Crippen molar-refractivity contribution < 1.29 is 32.3 Å². The molecule has 1 saturated carbocycles. The number of rotatable bonds is 12. The Morgan fingerprint density at radius 2 is 1.69 bits per heavy atom. The summed E-state index contributed by atoms with van der Waals surface area (Å²) in [4.78, 5) is 55.5. The number of anilines is 1. The van der Waals surface area contributed by atoms with Crippen LogP contribution in [0.3, 0.4) is 0 Å². The van der Waals surface area contributed by atoms with Crippen molar-refractivity contribution >= 4 is 41.3 Å². The molecule has 14 heteroatoms. The molecule has 0 unspecified atom stereocenters. The molecule has 2 atom stereocenters. The number of alkyl halides is 2. The van der Waals surface area contributed by atoms with Crippen LogP contribution in [0.15, 0.2) is 42.5 Å². The summed E-state index contributed by atoms with van der Waals surface area (Å²) in [7, 11) is 1.96. The van der Waals surface area contributed by atoms with Gasteiger partial charge in [-0.3, -0.25) is 23.9 Å².